The van der Waals surface area contributed by atoms with Crippen LogP contribution in [-0.2, 0) is 12.3 Å². The summed E-state index contributed by atoms with van der Waals surface area (Å²) in [6, 6.07) is 33.1. The SMILES string of the molecule is CC(C)c1cc(C(C)C)c(P(CCCCP(Cc2ccccc2)c2c(C(C)C)cc(C(C)C)cc2C(C)C)Cc2ccccc2)c(C(C)C)c1. The molecule has 0 aliphatic rings. The molecule has 0 spiro atoms. The van der Waals surface area contributed by atoms with E-state index in [1.807, 2.05) is 0 Å². The van der Waals surface area contributed by atoms with E-state index in [0.717, 1.165) is 0 Å². The molecule has 0 fully saturated rings. The molecule has 0 N–H and O–H groups in total. The molecule has 50 heavy (non-hydrogen) atoms. The van der Waals surface area contributed by atoms with E-state index in [0.29, 0.717) is 35.5 Å². The summed E-state index contributed by atoms with van der Waals surface area (Å²) < 4.78 is 0. The van der Waals surface area contributed by atoms with Gasteiger partial charge in [-0.3, -0.25) is 0 Å². The van der Waals surface area contributed by atoms with Crippen LogP contribution >= 0.6 is 15.8 Å². The fraction of sp³-hybridized carbons (Fsp3) is 0.500. The standard InChI is InChI=1S/C48H68P2/c1-33(2)41-27-43(35(5)6)47(44(28-41)36(7)8)49(31-39-21-15-13-16-22-39)25-19-20-26-50(32-40-23-17-14-18-24-40)48-45(37(9)10)29-42(34(3)4)30-46(48)38(11)12/h13-18,21-24,27-30,33-38H,19-20,25-26,31-32H2,1-12H3. The number of benzene rings is 4. The van der Waals surface area contributed by atoms with Crippen molar-refractivity contribution in [1.29, 1.82) is 0 Å². The van der Waals surface area contributed by atoms with Crippen LogP contribution in [0.15, 0.2) is 84.9 Å². The largest absolute Gasteiger partial charge is 0.0702 e. The van der Waals surface area contributed by atoms with E-state index in [1.54, 1.807) is 32.9 Å². The zero-order chi connectivity index (χ0) is 36.5. The quantitative estimate of drug-likeness (QED) is 0.0757. The molecule has 0 radical (unpaired) electrons. The summed E-state index contributed by atoms with van der Waals surface area (Å²) in [5.41, 5.74) is 12.5. The molecule has 0 aliphatic carbocycles. The van der Waals surface area contributed by atoms with E-state index in [9.17, 15) is 0 Å². The maximum Gasteiger partial charge on any atom is -0.00326 e. The normalized spacial score (nSPS) is 13.4. The summed E-state index contributed by atoms with van der Waals surface area (Å²) in [6.07, 6.45) is 7.57. The summed E-state index contributed by atoms with van der Waals surface area (Å²) in [5.74, 6) is 3.20. The first kappa shape index (κ1) is 40.5. The molecule has 0 aliphatic heterocycles. The van der Waals surface area contributed by atoms with E-state index < -0.39 is 0 Å². The van der Waals surface area contributed by atoms with Crippen molar-refractivity contribution in [1.82, 2.24) is 0 Å². The Morgan fingerprint density at radius 3 is 0.900 bits per heavy atom. The topological polar surface area (TPSA) is 0 Å². The molecular formula is C48H68P2. The first-order chi connectivity index (χ1) is 23.8. The zero-order valence-electron chi connectivity index (χ0n) is 33.7. The molecule has 0 amide bonds. The maximum atomic E-state index is 2.58. The first-order valence-corrected chi connectivity index (χ1v) is 23.1. The van der Waals surface area contributed by atoms with Gasteiger partial charge in [-0.05, 0) is 128 Å². The van der Waals surface area contributed by atoms with Crippen LogP contribution in [0.2, 0.25) is 0 Å². The van der Waals surface area contributed by atoms with E-state index in [-0.39, 0.29) is 15.8 Å². The molecule has 2 unspecified atom stereocenters. The lowest BCUT2D eigenvalue weighted by atomic mass is 9.89. The monoisotopic (exact) mass is 706 g/mol. The van der Waals surface area contributed by atoms with Crippen LogP contribution in [0.25, 0.3) is 0 Å². The highest BCUT2D eigenvalue weighted by Gasteiger charge is 2.26. The Morgan fingerprint density at radius 1 is 0.380 bits per heavy atom. The molecular weight excluding hydrogens is 638 g/mol. The highest BCUT2D eigenvalue weighted by Crippen LogP contribution is 2.48. The van der Waals surface area contributed by atoms with Crippen molar-refractivity contribution in [3.63, 3.8) is 0 Å². The first-order valence-electron chi connectivity index (χ1n) is 19.7. The summed E-state index contributed by atoms with van der Waals surface area (Å²) in [7, 11) is -0.682. The van der Waals surface area contributed by atoms with Gasteiger partial charge in [-0.15, -0.1) is 0 Å². The summed E-state index contributed by atoms with van der Waals surface area (Å²) in [6.45, 7) is 28.8. The van der Waals surface area contributed by atoms with E-state index in [2.05, 4.69) is 168 Å². The molecule has 0 heterocycles. The van der Waals surface area contributed by atoms with Crippen molar-refractivity contribution in [3.8, 4) is 0 Å². The van der Waals surface area contributed by atoms with Crippen LogP contribution in [-0.4, -0.2) is 12.3 Å². The molecule has 0 saturated carbocycles. The third-order valence-electron chi connectivity index (χ3n) is 10.4. The van der Waals surface area contributed by atoms with Gasteiger partial charge in [0.2, 0.25) is 0 Å². The van der Waals surface area contributed by atoms with Crippen molar-refractivity contribution in [3.05, 3.63) is 129 Å². The molecule has 0 aromatic heterocycles. The minimum absolute atomic E-state index is 0.341. The van der Waals surface area contributed by atoms with Gasteiger partial charge in [0.25, 0.3) is 0 Å². The van der Waals surface area contributed by atoms with Crippen molar-refractivity contribution < 1.29 is 0 Å². The summed E-state index contributed by atoms with van der Waals surface area (Å²) >= 11 is 0. The Bertz CT molecular complexity index is 1430. The van der Waals surface area contributed by atoms with Gasteiger partial charge in [-0.25, -0.2) is 0 Å². The molecule has 4 rings (SSSR count). The highest BCUT2D eigenvalue weighted by molar-refractivity contribution is 7.65. The Labute approximate surface area is 310 Å². The lowest BCUT2D eigenvalue weighted by Gasteiger charge is -2.30. The molecule has 4 aromatic rings. The summed E-state index contributed by atoms with van der Waals surface area (Å²) in [5, 5.41) is 3.44. The van der Waals surface area contributed by atoms with Gasteiger partial charge in [-0.2, -0.15) is 0 Å². The van der Waals surface area contributed by atoms with Crippen molar-refractivity contribution in [2.24, 2.45) is 0 Å². The number of rotatable bonds is 17. The van der Waals surface area contributed by atoms with E-state index in [4.69, 9.17) is 0 Å². The van der Waals surface area contributed by atoms with Crippen LogP contribution in [0.3, 0.4) is 0 Å². The van der Waals surface area contributed by atoms with Crippen molar-refractivity contribution in [2.45, 2.75) is 144 Å². The molecule has 0 saturated heterocycles. The highest BCUT2D eigenvalue weighted by atomic mass is 31.1. The average molecular weight is 707 g/mol. The molecule has 2 heteroatoms. The Morgan fingerprint density at radius 2 is 0.660 bits per heavy atom. The van der Waals surface area contributed by atoms with Gasteiger partial charge in [0, 0.05) is 0 Å². The maximum absolute atomic E-state index is 2.58. The fourth-order valence-corrected chi connectivity index (χ4v) is 13.7. The minimum atomic E-state index is -0.341. The van der Waals surface area contributed by atoms with Gasteiger partial charge < -0.3 is 0 Å². The lowest BCUT2D eigenvalue weighted by Crippen LogP contribution is -2.21. The smallest absolute Gasteiger partial charge is 0.00326 e. The van der Waals surface area contributed by atoms with Gasteiger partial charge in [0.15, 0.2) is 0 Å². The predicted octanol–water partition coefficient (Wildman–Crippen LogP) is 14.5. The zero-order valence-corrected chi connectivity index (χ0v) is 35.5. The molecule has 2 atom stereocenters. The van der Waals surface area contributed by atoms with Gasteiger partial charge in [0.1, 0.15) is 0 Å². The van der Waals surface area contributed by atoms with Crippen molar-refractivity contribution in [2.75, 3.05) is 12.3 Å². The van der Waals surface area contributed by atoms with Crippen LogP contribution in [0.4, 0.5) is 0 Å². The molecule has 4 aromatic carbocycles. The lowest BCUT2D eigenvalue weighted by molar-refractivity contribution is 0.811. The van der Waals surface area contributed by atoms with Crippen LogP contribution in [0.1, 0.15) is 176 Å². The van der Waals surface area contributed by atoms with Gasteiger partial charge in [0.05, 0.1) is 0 Å². The minimum Gasteiger partial charge on any atom is -0.0702 e. The predicted molar refractivity (Wildman–Crippen MR) is 230 cm³/mol. The Kier molecular flexibility index (Phi) is 15.4. The molecule has 270 valence electrons. The summed E-state index contributed by atoms with van der Waals surface area (Å²) in [4.78, 5) is 0. The van der Waals surface area contributed by atoms with E-state index in [1.165, 1.54) is 59.7 Å². The Hall–Kier alpha value is -2.26. The Balaban J connectivity index is 1.72. The second-order valence-corrected chi connectivity index (χ2v) is 21.1. The second kappa shape index (κ2) is 19.0. The van der Waals surface area contributed by atoms with Gasteiger partial charge in [-0.1, -0.05) is 184 Å². The van der Waals surface area contributed by atoms with Crippen molar-refractivity contribution >= 4 is 26.5 Å². The number of hydrogen-bond acceptors (Lipinski definition) is 0. The average Bonchev–Trinajstić information content (AvgIpc) is 3.08. The fourth-order valence-electron chi connectivity index (χ4n) is 7.32. The number of hydrogen-bond donors (Lipinski definition) is 0. The third-order valence-corrected chi connectivity index (χ3v) is 15.9. The van der Waals surface area contributed by atoms with Crippen LogP contribution in [0, 0.1) is 0 Å². The second-order valence-electron chi connectivity index (χ2n) is 16.5. The number of unbranched alkanes of at least 4 members (excludes halogenated alkanes) is 1. The van der Waals surface area contributed by atoms with E-state index >= 15 is 0 Å². The van der Waals surface area contributed by atoms with Gasteiger partial charge >= 0.3 is 0 Å². The molecule has 0 bridgehead atoms. The molecule has 0 nitrogen and oxygen atoms in total. The van der Waals surface area contributed by atoms with Crippen LogP contribution in [0.5, 0.6) is 0 Å². The van der Waals surface area contributed by atoms with Crippen LogP contribution < -0.4 is 10.6 Å². The third kappa shape index (κ3) is 10.6.